The van der Waals surface area contributed by atoms with Crippen molar-refractivity contribution in [2.45, 2.75) is 26.9 Å². The lowest BCUT2D eigenvalue weighted by Crippen LogP contribution is -2.10. The summed E-state index contributed by atoms with van der Waals surface area (Å²) in [5, 5.41) is 15.8. The Labute approximate surface area is 205 Å². The van der Waals surface area contributed by atoms with E-state index in [9.17, 15) is 18.0 Å². The van der Waals surface area contributed by atoms with E-state index in [4.69, 9.17) is 5.11 Å². The number of aromatic nitrogens is 4. The molecule has 0 aliphatic heterocycles. The van der Waals surface area contributed by atoms with Crippen molar-refractivity contribution < 1.29 is 23.1 Å². The van der Waals surface area contributed by atoms with Crippen LogP contribution in [0.5, 0.6) is 0 Å². The molecule has 0 saturated carbocycles. The van der Waals surface area contributed by atoms with Crippen LogP contribution in [0.25, 0.3) is 23.0 Å². The zero-order valence-corrected chi connectivity index (χ0v) is 19.6. The Kier molecular flexibility index (Phi) is 6.61. The fourth-order valence-corrected chi connectivity index (χ4v) is 3.78. The number of nitrogens with zero attached hydrogens (tertiary/aromatic N) is 4. The molecule has 0 aliphatic carbocycles. The summed E-state index contributed by atoms with van der Waals surface area (Å²) in [5.41, 5.74) is 3.58. The summed E-state index contributed by atoms with van der Waals surface area (Å²) >= 11 is 0. The van der Waals surface area contributed by atoms with Gasteiger partial charge in [0, 0.05) is 29.2 Å². The fourth-order valence-electron chi connectivity index (χ4n) is 3.78. The van der Waals surface area contributed by atoms with E-state index in [-0.39, 0.29) is 17.5 Å². The molecule has 4 aromatic rings. The Balaban J connectivity index is 1.85. The van der Waals surface area contributed by atoms with Crippen molar-refractivity contribution in [1.29, 1.82) is 0 Å². The van der Waals surface area contributed by atoms with Gasteiger partial charge in [0.15, 0.2) is 11.5 Å². The van der Waals surface area contributed by atoms with Crippen molar-refractivity contribution >= 4 is 23.7 Å². The maximum absolute atomic E-state index is 13.4. The highest BCUT2D eigenvalue weighted by molar-refractivity contribution is 5.86. The van der Waals surface area contributed by atoms with Crippen molar-refractivity contribution in [3.05, 3.63) is 88.9 Å². The Morgan fingerprint density at radius 2 is 1.78 bits per heavy atom. The molecular weight excluding hydrogens is 471 g/mol. The van der Waals surface area contributed by atoms with E-state index in [2.05, 4.69) is 20.4 Å². The number of alkyl halides is 3. The molecule has 2 aromatic carbocycles. The molecule has 7 nitrogen and oxygen atoms in total. The van der Waals surface area contributed by atoms with Crippen LogP contribution in [0.1, 0.15) is 28.1 Å². The summed E-state index contributed by atoms with van der Waals surface area (Å²) in [6.07, 6.45) is -0.698. The van der Waals surface area contributed by atoms with E-state index in [1.165, 1.54) is 19.2 Å². The summed E-state index contributed by atoms with van der Waals surface area (Å²) in [6, 6.07) is 13.6. The van der Waals surface area contributed by atoms with Crippen molar-refractivity contribution in [2.75, 3.05) is 5.32 Å². The molecule has 0 saturated heterocycles. The number of rotatable bonds is 6. The van der Waals surface area contributed by atoms with Gasteiger partial charge in [0.05, 0.1) is 0 Å². The molecule has 0 amide bonds. The quantitative estimate of drug-likeness (QED) is 0.315. The monoisotopic (exact) mass is 493 g/mol. The summed E-state index contributed by atoms with van der Waals surface area (Å²) in [5.74, 6) is -0.772. The molecule has 2 heterocycles. The van der Waals surface area contributed by atoms with Crippen LogP contribution in [0.15, 0.2) is 60.8 Å². The van der Waals surface area contributed by atoms with Crippen LogP contribution in [0.4, 0.5) is 24.8 Å². The number of carbonyl (C=O) groups is 1. The fraction of sp³-hybridized carbons (Fsp3) is 0.154. The normalized spacial score (nSPS) is 11.7. The predicted molar refractivity (Wildman–Crippen MR) is 130 cm³/mol. The third kappa shape index (κ3) is 5.60. The van der Waals surface area contributed by atoms with Crippen molar-refractivity contribution in [2.24, 2.45) is 0 Å². The third-order valence-electron chi connectivity index (χ3n) is 5.24. The minimum atomic E-state index is -4.62. The second-order valence-electron chi connectivity index (χ2n) is 8.31. The van der Waals surface area contributed by atoms with Crippen molar-refractivity contribution in [1.82, 2.24) is 19.7 Å². The average molecular weight is 493 g/mol. The number of carboxylic acid groups (broad SMARTS) is 1. The van der Waals surface area contributed by atoms with Gasteiger partial charge >= 0.3 is 12.1 Å². The molecule has 4 rings (SSSR count). The first-order chi connectivity index (χ1) is 17.0. The van der Waals surface area contributed by atoms with Crippen molar-refractivity contribution in [3.63, 3.8) is 0 Å². The number of carboxylic acids is 1. The maximum atomic E-state index is 13.4. The number of hydrogen-bond acceptors (Lipinski definition) is 5. The lowest BCUT2D eigenvalue weighted by Gasteiger charge is -2.14. The summed E-state index contributed by atoms with van der Waals surface area (Å²) in [4.78, 5) is 19.8. The highest BCUT2D eigenvalue weighted by Crippen LogP contribution is 2.32. The first-order valence-electron chi connectivity index (χ1n) is 10.9. The molecule has 2 N–H and O–H groups in total. The zero-order chi connectivity index (χ0) is 26.0. The van der Waals surface area contributed by atoms with Gasteiger partial charge in [0.1, 0.15) is 0 Å². The number of halogens is 3. The molecule has 0 fully saturated rings. The zero-order valence-electron chi connectivity index (χ0n) is 19.6. The van der Waals surface area contributed by atoms with Crippen LogP contribution in [-0.4, -0.2) is 30.8 Å². The van der Waals surface area contributed by atoms with Gasteiger partial charge in [-0.25, -0.2) is 14.5 Å². The minimum absolute atomic E-state index is 0.143. The van der Waals surface area contributed by atoms with Gasteiger partial charge in [-0.2, -0.15) is 23.3 Å². The van der Waals surface area contributed by atoms with Crippen LogP contribution < -0.4 is 5.32 Å². The lowest BCUT2D eigenvalue weighted by atomic mass is 10.0. The first kappa shape index (κ1) is 24.6. The van der Waals surface area contributed by atoms with Gasteiger partial charge in [-0.15, -0.1) is 0 Å². The SMILES string of the molecule is Cc1cc(C)cc(Nc2ncc(-c3cccc(/C=C/C(=O)O)c3)c(-n3nc(C(F)(F)F)cc3C)n2)c1. The lowest BCUT2D eigenvalue weighted by molar-refractivity contribution is -0.141. The van der Waals surface area contributed by atoms with Gasteiger partial charge < -0.3 is 10.4 Å². The number of benzene rings is 2. The summed E-state index contributed by atoms with van der Waals surface area (Å²) < 4.78 is 41.3. The van der Waals surface area contributed by atoms with Crippen LogP contribution >= 0.6 is 0 Å². The van der Waals surface area contributed by atoms with Gasteiger partial charge in [-0.3, -0.25) is 0 Å². The van der Waals surface area contributed by atoms with E-state index in [0.29, 0.717) is 16.7 Å². The highest BCUT2D eigenvalue weighted by Gasteiger charge is 2.35. The molecule has 10 heteroatoms. The number of anilines is 2. The van der Waals surface area contributed by atoms with E-state index in [1.807, 2.05) is 32.0 Å². The second kappa shape index (κ2) is 9.65. The number of aryl methyl sites for hydroxylation is 3. The minimum Gasteiger partial charge on any atom is -0.478 e. The number of aliphatic carboxylic acids is 1. The molecule has 2 aromatic heterocycles. The van der Waals surface area contributed by atoms with Gasteiger partial charge in [-0.05, 0) is 73.4 Å². The van der Waals surface area contributed by atoms with Gasteiger partial charge in [0.25, 0.3) is 0 Å². The third-order valence-corrected chi connectivity index (χ3v) is 5.24. The molecule has 36 heavy (non-hydrogen) atoms. The summed E-state index contributed by atoms with van der Waals surface area (Å²) in [6.45, 7) is 5.41. The van der Waals surface area contributed by atoms with E-state index in [1.54, 1.807) is 24.3 Å². The smallest absolute Gasteiger partial charge is 0.435 e. The maximum Gasteiger partial charge on any atom is 0.435 e. The van der Waals surface area contributed by atoms with E-state index >= 15 is 0 Å². The second-order valence-corrected chi connectivity index (χ2v) is 8.31. The predicted octanol–water partition coefficient (Wildman–Crippen LogP) is 6.11. The number of nitrogens with one attached hydrogen (secondary N) is 1. The van der Waals surface area contributed by atoms with Crippen LogP contribution in [-0.2, 0) is 11.0 Å². The first-order valence-corrected chi connectivity index (χ1v) is 10.9. The molecule has 0 aliphatic rings. The Bertz CT molecular complexity index is 1450. The Morgan fingerprint density at radius 1 is 1.06 bits per heavy atom. The van der Waals surface area contributed by atoms with E-state index in [0.717, 1.165) is 33.6 Å². The Hall–Kier alpha value is -4.47. The summed E-state index contributed by atoms with van der Waals surface area (Å²) in [7, 11) is 0. The molecule has 0 unspecified atom stereocenters. The van der Waals surface area contributed by atoms with Crippen LogP contribution in [0.3, 0.4) is 0 Å². The standard InChI is InChI=1S/C26H22F3N5O2/c1-15-9-16(2)11-20(10-15)31-25-30-14-21(19-6-4-5-18(13-19)7-8-23(35)36)24(32-25)34-17(3)12-22(33-34)26(27,28)29/h4-14H,1-3H3,(H,35,36)(H,30,31,32)/b8-7+. The molecule has 0 atom stereocenters. The number of hydrogen-bond donors (Lipinski definition) is 2. The topological polar surface area (TPSA) is 92.9 Å². The van der Waals surface area contributed by atoms with Crippen LogP contribution in [0, 0.1) is 20.8 Å². The molecule has 184 valence electrons. The van der Waals surface area contributed by atoms with Crippen molar-refractivity contribution in [3.8, 4) is 16.9 Å². The van der Waals surface area contributed by atoms with Crippen LogP contribution in [0.2, 0.25) is 0 Å². The van der Waals surface area contributed by atoms with Gasteiger partial charge in [-0.1, -0.05) is 24.3 Å². The van der Waals surface area contributed by atoms with E-state index < -0.39 is 17.8 Å². The average Bonchev–Trinajstić information content (AvgIpc) is 3.19. The van der Waals surface area contributed by atoms with Gasteiger partial charge in [0.2, 0.25) is 5.95 Å². The molecular formula is C26H22F3N5O2. The molecule has 0 bridgehead atoms. The highest BCUT2D eigenvalue weighted by atomic mass is 19.4. The molecule has 0 spiro atoms. The largest absolute Gasteiger partial charge is 0.478 e. The molecule has 0 radical (unpaired) electrons. The Morgan fingerprint density at radius 3 is 2.42 bits per heavy atom.